The van der Waals surface area contributed by atoms with Crippen LogP contribution in [0.2, 0.25) is 0 Å². The van der Waals surface area contributed by atoms with Crippen LogP contribution in [0.3, 0.4) is 0 Å². The van der Waals surface area contributed by atoms with Gasteiger partial charge in [-0.2, -0.15) is 0 Å². The molecule has 28 heavy (non-hydrogen) atoms. The first-order valence-electron chi connectivity index (χ1n) is 11.6. The van der Waals surface area contributed by atoms with E-state index in [0.717, 1.165) is 49.8 Å². The second-order valence-corrected chi connectivity index (χ2v) is 8.73. The van der Waals surface area contributed by atoms with Gasteiger partial charge in [0.25, 0.3) is 0 Å². The quantitative estimate of drug-likeness (QED) is 0.501. The normalized spacial score (nSPS) is 28.9. The Morgan fingerprint density at radius 2 is 2.04 bits per heavy atom. The van der Waals surface area contributed by atoms with E-state index in [4.69, 9.17) is 4.74 Å². The molecule has 2 nitrogen and oxygen atoms in total. The van der Waals surface area contributed by atoms with Gasteiger partial charge in [-0.25, -0.2) is 0 Å². The van der Waals surface area contributed by atoms with E-state index in [2.05, 4.69) is 62.5 Å². The van der Waals surface area contributed by atoms with Crippen molar-refractivity contribution in [2.75, 3.05) is 6.54 Å². The molecule has 0 saturated heterocycles. The van der Waals surface area contributed by atoms with Crippen molar-refractivity contribution in [1.82, 2.24) is 5.32 Å². The number of allylic oxidation sites excluding steroid dienone is 9. The number of rotatable bonds is 6. The molecule has 3 aliphatic rings. The molecule has 0 aromatic heterocycles. The average molecular weight is 382 g/mol. The molecule has 1 aliphatic heterocycles. The molecular weight excluding hydrogens is 342 g/mol. The Kier molecular flexibility index (Phi) is 8.06. The zero-order valence-electron chi connectivity index (χ0n) is 18.2. The van der Waals surface area contributed by atoms with Crippen LogP contribution in [0.1, 0.15) is 78.6 Å². The van der Waals surface area contributed by atoms with Crippen LogP contribution in [0.5, 0.6) is 0 Å². The van der Waals surface area contributed by atoms with Gasteiger partial charge in [-0.15, -0.1) is 0 Å². The molecule has 3 rings (SSSR count). The second kappa shape index (κ2) is 10.7. The fourth-order valence-electron chi connectivity index (χ4n) is 4.54. The standard InChI is InChI=1S/C26H39NO/c1-4-24-19-27-25(26(5-2)28-24)14-8-11-21-10-7-13-23(18-16-21)22-12-6-9-20(3)15-17-22/h7-8,13-14,16,18,20,22,24,27H,4-6,9-12,15,17,19H2,1-3H3/b14-8-/t20-,22-,24?/m1/s1. The Morgan fingerprint density at radius 1 is 1.14 bits per heavy atom. The summed E-state index contributed by atoms with van der Waals surface area (Å²) in [5, 5.41) is 3.55. The molecule has 0 aromatic carbocycles. The molecule has 1 unspecified atom stereocenters. The summed E-state index contributed by atoms with van der Waals surface area (Å²) >= 11 is 0. The van der Waals surface area contributed by atoms with Crippen LogP contribution in [-0.4, -0.2) is 12.6 Å². The predicted octanol–water partition coefficient (Wildman–Crippen LogP) is 6.98. The number of ether oxygens (including phenoxy) is 1. The third-order valence-electron chi connectivity index (χ3n) is 6.50. The van der Waals surface area contributed by atoms with Crippen molar-refractivity contribution in [2.45, 2.75) is 84.7 Å². The first-order chi connectivity index (χ1) is 13.7. The Hall–Kier alpha value is -1.70. The molecule has 0 bridgehead atoms. The SMILES string of the molecule is CCC1=C(/C=C\CC2=CC=C([C@@H]3CCC[C@@H](C)CC3)C=CC2)NCC(CC)O1. The summed E-state index contributed by atoms with van der Waals surface area (Å²) < 4.78 is 6.09. The van der Waals surface area contributed by atoms with E-state index in [1.807, 2.05) is 0 Å². The maximum atomic E-state index is 6.09. The molecule has 2 aliphatic carbocycles. The summed E-state index contributed by atoms with van der Waals surface area (Å²) in [7, 11) is 0. The second-order valence-electron chi connectivity index (χ2n) is 8.73. The molecule has 1 saturated carbocycles. The van der Waals surface area contributed by atoms with Crippen LogP contribution in [0.4, 0.5) is 0 Å². The topological polar surface area (TPSA) is 21.3 Å². The fourth-order valence-corrected chi connectivity index (χ4v) is 4.54. The zero-order chi connectivity index (χ0) is 19.8. The molecule has 0 spiro atoms. The van der Waals surface area contributed by atoms with Gasteiger partial charge in [-0.1, -0.05) is 76.0 Å². The van der Waals surface area contributed by atoms with Gasteiger partial charge < -0.3 is 10.1 Å². The van der Waals surface area contributed by atoms with Crippen molar-refractivity contribution >= 4 is 0 Å². The molecule has 2 heteroatoms. The van der Waals surface area contributed by atoms with Gasteiger partial charge in [0, 0.05) is 6.42 Å². The van der Waals surface area contributed by atoms with Gasteiger partial charge in [0.15, 0.2) is 0 Å². The summed E-state index contributed by atoms with van der Waals surface area (Å²) in [6.45, 7) is 7.68. The third-order valence-corrected chi connectivity index (χ3v) is 6.50. The van der Waals surface area contributed by atoms with E-state index in [1.54, 1.807) is 5.57 Å². The predicted molar refractivity (Wildman–Crippen MR) is 120 cm³/mol. The van der Waals surface area contributed by atoms with E-state index in [9.17, 15) is 0 Å². The summed E-state index contributed by atoms with van der Waals surface area (Å²) in [6, 6.07) is 0. The van der Waals surface area contributed by atoms with E-state index < -0.39 is 0 Å². The van der Waals surface area contributed by atoms with Crippen LogP contribution >= 0.6 is 0 Å². The molecule has 3 atom stereocenters. The lowest BCUT2D eigenvalue weighted by molar-refractivity contribution is 0.0904. The molecule has 1 fully saturated rings. The smallest absolute Gasteiger partial charge is 0.119 e. The molecular formula is C26H39NO. The van der Waals surface area contributed by atoms with Crippen molar-refractivity contribution in [3.05, 3.63) is 59.1 Å². The Morgan fingerprint density at radius 3 is 2.86 bits per heavy atom. The fraction of sp³-hybridized carbons (Fsp3) is 0.615. The van der Waals surface area contributed by atoms with Crippen molar-refractivity contribution in [1.29, 1.82) is 0 Å². The number of nitrogens with one attached hydrogen (secondary N) is 1. The molecule has 0 aromatic rings. The van der Waals surface area contributed by atoms with Crippen LogP contribution in [-0.2, 0) is 4.74 Å². The lowest BCUT2D eigenvalue weighted by Gasteiger charge is -2.27. The van der Waals surface area contributed by atoms with Gasteiger partial charge in [0.2, 0.25) is 0 Å². The van der Waals surface area contributed by atoms with Gasteiger partial charge in [0.05, 0.1) is 12.2 Å². The minimum absolute atomic E-state index is 0.317. The van der Waals surface area contributed by atoms with Gasteiger partial charge in [-0.3, -0.25) is 0 Å². The molecule has 1 N–H and O–H groups in total. The van der Waals surface area contributed by atoms with E-state index in [1.165, 1.54) is 43.4 Å². The van der Waals surface area contributed by atoms with E-state index in [-0.39, 0.29) is 0 Å². The summed E-state index contributed by atoms with van der Waals surface area (Å²) in [5.41, 5.74) is 4.21. The van der Waals surface area contributed by atoms with Crippen LogP contribution in [0.15, 0.2) is 59.1 Å². The van der Waals surface area contributed by atoms with Gasteiger partial charge in [-0.05, 0) is 55.6 Å². The van der Waals surface area contributed by atoms with Crippen molar-refractivity contribution in [3.8, 4) is 0 Å². The molecule has 154 valence electrons. The monoisotopic (exact) mass is 381 g/mol. The molecule has 0 radical (unpaired) electrons. The van der Waals surface area contributed by atoms with Gasteiger partial charge >= 0.3 is 0 Å². The lowest BCUT2D eigenvalue weighted by Crippen LogP contribution is -2.33. The van der Waals surface area contributed by atoms with Gasteiger partial charge in [0.1, 0.15) is 11.9 Å². The van der Waals surface area contributed by atoms with Crippen molar-refractivity contribution < 1.29 is 4.74 Å². The highest BCUT2D eigenvalue weighted by molar-refractivity contribution is 5.34. The lowest BCUT2D eigenvalue weighted by atomic mass is 9.90. The summed E-state index contributed by atoms with van der Waals surface area (Å²) in [6.07, 6.45) is 25.4. The van der Waals surface area contributed by atoms with Crippen molar-refractivity contribution in [2.24, 2.45) is 11.8 Å². The Labute approximate surface area is 172 Å². The minimum Gasteiger partial charge on any atom is -0.491 e. The van der Waals surface area contributed by atoms with Crippen LogP contribution < -0.4 is 5.32 Å². The summed E-state index contributed by atoms with van der Waals surface area (Å²) in [4.78, 5) is 0. The maximum absolute atomic E-state index is 6.09. The molecule has 1 heterocycles. The minimum atomic E-state index is 0.317. The average Bonchev–Trinajstić information content (AvgIpc) is 3.08. The number of hydrogen-bond acceptors (Lipinski definition) is 2. The zero-order valence-corrected chi connectivity index (χ0v) is 18.2. The van der Waals surface area contributed by atoms with E-state index in [0.29, 0.717) is 6.10 Å². The van der Waals surface area contributed by atoms with E-state index >= 15 is 0 Å². The Balaban J connectivity index is 1.59. The largest absolute Gasteiger partial charge is 0.491 e. The summed E-state index contributed by atoms with van der Waals surface area (Å²) in [5.74, 6) is 2.78. The number of hydrogen-bond donors (Lipinski definition) is 1. The highest BCUT2D eigenvalue weighted by atomic mass is 16.5. The maximum Gasteiger partial charge on any atom is 0.119 e. The van der Waals surface area contributed by atoms with Crippen LogP contribution in [0, 0.1) is 11.8 Å². The molecule has 0 amide bonds. The first kappa shape index (κ1) is 21.0. The highest BCUT2D eigenvalue weighted by Crippen LogP contribution is 2.33. The Bertz CT molecular complexity index is 664. The van der Waals surface area contributed by atoms with Crippen molar-refractivity contribution in [3.63, 3.8) is 0 Å². The third kappa shape index (κ3) is 5.90. The van der Waals surface area contributed by atoms with Crippen LogP contribution in [0.25, 0.3) is 0 Å². The first-order valence-corrected chi connectivity index (χ1v) is 11.6. The highest BCUT2D eigenvalue weighted by Gasteiger charge is 2.19.